The number of hydrogen-bond donors (Lipinski definition) is 1. The third-order valence-electron chi connectivity index (χ3n) is 5.70. The molecule has 0 amide bonds. The van der Waals surface area contributed by atoms with Crippen LogP contribution in [0.5, 0.6) is 0 Å². The summed E-state index contributed by atoms with van der Waals surface area (Å²) in [4.78, 5) is 10.3. The maximum atomic E-state index is 12.9. The van der Waals surface area contributed by atoms with E-state index in [2.05, 4.69) is 4.72 Å². The van der Waals surface area contributed by atoms with E-state index in [1.165, 1.54) is 24.3 Å². The topological polar surface area (TPSA) is 105 Å². The van der Waals surface area contributed by atoms with Gasteiger partial charge in [0.15, 0.2) is 0 Å². The van der Waals surface area contributed by atoms with Gasteiger partial charge in [-0.3, -0.25) is 15.1 Å². The lowest BCUT2D eigenvalue weighted by molar-refractivity contribution is -0.384. The molecule has 4 aromatic rings. The lowest BCUT2D eigenvalue weighted by Gasteiger charge is -2.30. The number of nitro benzene ring substituents is 1. The Morgan fingerprint density at radius 1 is 0.838 bits per heavy atom. The van der Waals surface area contributed by atoms with E-state index in [1.807, 2.05) is 96.0 Å². The Labute approximate surface area is 216 Å². The second-order valence-corrected chi connectivity index (χ2v) is 9.97. The van der Waals surface area contributed by atoms with Crippen molar-refractivity contribution in [1.82, 2.24) is 4.72 Å². The van der Waals surface area contributed by atoms with E-state index in [4.69, 9.17) is 5.10 Å². The Morgan fingerprint density at radius 2 is 1.41 bits per heavy atom. The second kappa shape index (κ2) is 12.1. The van der Waals surface area contributed by atoms with Gasteiger partial charge in [0.1, 0.15) is 0 Å². The van der Waals surface area contributed by atoms with Gasteiger partial charge in [0.2, 0.25) is 10.0 Å². The normalized spacial score (nSPS) is 12.3. The molecule has 0 bridgehead atoms. The summed E-state index contributed by atoms with van der Waals surface area (Å²) in [5, 5.41) is 17.6. The van der Waals surface area contributed by atoms with Crippen LogP contribution in [0.15, 0.2) is 125 Å². The molecule has 4 rings (SSSR count). The van der Waals surface area contributed by atoms with Gasteiger partial charge in [-0.05, 0) is 41.8 Å². The summed E-state index contributed by atoms with van der Waals surface area (Å²) in [6.07, 6.45) is 2.20. The number of hydrogen-bond acceptors (Lipinski definition) is 6. The molecule has 9 heteroatoms. The fourth-order valence-electron chi connectivity index (χ4n) is 3.84. The molecule has 0 spiro atoms. The van der Waals surface area contributed by atoms with Crippen LogP contribution < -0.4 is 9.73 Å². The van der Waals surface area contributed by atoms with Crippen molar-refractivity contribution in [3.63, 3.8) is 0 Å². The minimum atomic E-state index is -3.86. The first-order valence-electron chi connectivity index (χ1n) is 11.7. The van der Waals surface area contributed by atoms with Gasteiger partial charge in [-0.25, -0.2) is 13.1 Å². The molecule has 0 heterocycles. The zero-order valence-electron chi connectivity index (χ0n) is 19.9. The first-order chi connectivity index (χ1) is 17.9. The van der Waals surface area contributed by atoms with Crippen molar-refractivity contribution in [1.29, 1.82) is 0 Å². The summed E-state index contributed by atoms with van der Waals surface area (Å²) in [5.41, 5.74) is 2.61. The van der Waals surface area contributed by atoms with Gasteiger partial charge in [-0.1, -0.05) is 78.9 Å². The Hall–Kier alpha value is -4.34. The summed E-state index contributed by atoms with van der Waals surface area (Å²) >= 11 is 0. The zero-order chi connectivity index (χ0) is 26.1. The number of anilines is 1. The van der Waals surface area contributed by atoms with Gasteiger partial charge in [0, 0.05) is 18.7 Å². The molecular weight excluding hydrogens is 488 g/mol. The molecule has 1 unspecified atom stereocenters. The number of sulfonamides is 1. The molecule has 188 valence electrons. The van der Waals surface area contributed by atoms with Gasteiger partial charge in [-0.2, -0.15) is 5.10 Å². The van der Waals surface area contributed by atoms with Crippen LogP contribution in [-0.4, -0.2) is 26.1 Å². The van der Waals surface area contributed by atoms with Gasteiger partial charge in [-0.15, -0.1) is 0 Å². The Balaban J connectivity index is 1.59. The number of non-ortho nitro benzene ring substituents is 1. The fraction of sp³-hybridized carbons (Fsp3) is 0.107. The zero-order valence-corrected chi connectivity index (χ0v) is 20.7. The number of nitrogens with one attached hydrogen (secondary N) is 1. The summed E-state index contributed by atoms with van der Waals surface area (Å²) in [7, 11) is -3.86. The number of hydrazone groups is 1. The van der Waals surface area contributed by atoms with Gasteiger partial charge >= 0.3 is 0 Å². The Bertz CT molecular complexity index is 1430. The first-order valence-corrected chi connectivity index (χ1v) is 13.1. The molecule has 0 radical (unpaired) electrons. The number of rotatable bonds is 11. The smallest absolute Gasteiger partial charge is 0.258 e. The van der Waals surface area contributed by atoms with Gasteiger partial charge in [0.25, 0.3) is 5.69 Å². The number of para-hydroxylation sites is 1. The summed E-state index contributed by atoms with van der Waals surface area (Å²) in [5.74, 6) is 0. The highest BCUT2D eigenvalue weighted by molar-refractivity contribution is 7.89. The van der Waals surface area contributed by atoms with Crippen molar-refractivity contribution in [2.45, 2.75) is 17.4 Å². The molecule has 0 aliphatic rings. The highest BCUT2D eigenvalue weighted by Crippen LogP contribution is 2.30. The van der Waals surface area contributed by atoms with Crippen molar-refractivity contribution in [2.24, 2.45) is 5.10 Å². The average Bonchev–Trinajstić information content (AvgIpc) is 2.94. The molecule has 0 aromatic heterocycles. The van der Waals surface area contributed by atoms with E-state index in [1.54, 1.807) is 6.21 Å². The van der Waals surface area contributed by atoms with Crippen molar-refractivity contribution in [3.8, 4) is 0 Å². The molecule has 4 aromatic carbocycles. The van der Waals surface area contributed by atoms with E-state index in [9.17, 15) is 18.5 Å². The van der Waals surface area contributed by atoms with Crippen LogP contribution in [0.2, 0.25) is 0 Å². The predicted molar refractivity (Wildman–Crippen MR) is 145 cm³/mol. The third-order valence-corrected chi connectivity index (χ3v) is 7.18. The molecule has 0 fully saturated rings. The van der Waals surface area contributed by atoms with E-state index < -0.39 is 14.9 Å². The number of benzene rings is 4. The van der Waals surface area contributed by atoms with E-state index in [0.717, 1.165) is 16.8 Å². The molecule has 0 saturated carbocycles. The average molecular weight is 515 g/mol. The minimum Gasteiger partial charge on any atom is -0.258 e. The van der Waals surface area contributed by atoms with Crippen molar-refractivity contribution in [2.75, 3.05) is 11.6 Å². The molecule has 1 atom stereocenters. The summed E-state index contributed by atoms with van der Waals surface area (Å²) in [6.45, 7) is 0.128. The van der Waals surface area contributed by atoms with Crippen LogP contribution >= 0.6 is 0 Å². The summed E-state index contributed by atoms with van der Waals surface area (Å²) < 4.78 is 28.3. The highest BCUT2D eigenvalue weighted by atomic mass is 32.2. The molecule has 0 aliphatic carbocycles. The molecule has 0 aliphatic heterocycles. The summed E-state index contributed by atoms with van der Waals surface area (Å²) in [6, 6.07) is 33.8. The van der Waals surface area contributed by atoms with E-state index >= 15 is 0 Å². The van der Waals surface area contributed by atoms with Gasteiger partial charge in [0.05, 0.1) is 27.8 Å². The van der Waals surface area contributed by atoms with Crippen molar-refractivity contribution in [3.05, 3.63) is 137 Å². The monoisotopic (exact) mass is 514 g/mol. The number of nitro groups is 1. The quantitative estimate of drug-likeness (QED) is 0.161. The Morgan fingerprint density at radius 3 is 2.00 bits per heavy atom. The van der Waals surface area contributed by atoms with E-state index in [0.29, 0.717) is 6.42 Å². The molecule has 0 saturated heterocycles. The molecule has 1 N–H and O–H groups in total. The Kier molecular flexibility index (Phi) is 8.40. The largest absolute Gasteiger partial charge is 0.269 e. The van der Waals surface area contributed by atoms with Crippen LogP contribution in [0.3, 0.4) is 0 Å². The highest BCUT2D eigenvalue weighted by Gasteiger charge is 2.22. The third kappa shape index (κ3) is 6.87. The van der Waals surface area contributed by atoms with Crippen LogP contribution in [0.25, 0.3) is 0 Å². The fourth-order valence-corrected chi connectivity index (χ4v) is 4.89. The lowest BCUT2D eigenvalue weighted by Crippen LogP contribution is -2.30. The second-order valence-electron chi connectivity index (χ2n) is 8.20. The SMILES string of the molecule is O=[N+]([O-])c1ccc(S(=O)(=O)NCCC(c2ccccc2)N(/N=C/c2ccccc2)c2ccccc2)cc1. The molecule has 37 heavy (non-hydrogen) atoms. The maximum absolute atomic E-state index is 12.9. The molecule has 8 nitrogen and oxygen atoms in total. The van der Waals surface area contributed by atoms with Crippen LogP contribution in [0, 0.1) is 10.1 Å². The minimum absolute atomic E-state index is 0.0311. The molecular formula is C28H26N4O4S. The van der Waals surface area contributed by atoms with Crippen LogP contribution in [0.4, 0.5) is 11.4 Å². The van der Waals surface area contributed by atoms with Gasteiger partial charge < -0.3 is 0 Å². The standard InChI is InChI=1S/C28H26N4O4S/c33-32(34)26-16-18-27(19-17-26)37(35,36)30-21-20-28(24-12-6-2-7-13-24)31(25-14-8-3-9-15-25)29-22-23-10-4-1-5-11-23/h1-19,22,28,30H,20-21H2/b29-22+. The lowest BCUT2D eigenvalue weighted by atomic mass is 10.0. The number of nitrogens with zero attached hydrogens (tertiary/aromatic N) is 3. The van der Waals surface area contributed by atoms with Crippen molar-refractivity contribution < 1.29 is 13.3 Å². The van der Waals surface area contributed by atoms with Crippen LogP contribution in [0.1, 0.15) is 23.6 Å². The predicted octanol–water partition coefficient (Wildman–Crippen LogP) is 5.55. The van der Waals surface area contributed by atoms with E-state index in [-0.39, 0.29) is 23.2 Å². The maximum Gasteiger partial charge on any atom is 0.269 e. The van der Waals surface area contributed by atoms with Crippen LogP contribution in [-0.2, 0) is 10.0 Å². The van der Waals surface area contributed by atoms with Crippen molar-refractivity contribution >= 4 is 27.6 Å². The first kappa shape index (κ1) is 25.7.